The van der Waals surface area contributed by atoms with Crippen molar-refractivity contribution in [1.29, 1.82) is 5.26 Å². The zero-order chi connectivity index (χ0) is 28.3. The van der Waals surface area contributed by atoms with Gasteiger partial charge in [0.05, 0.1) is 5.92 Å². The third-order valence-corrected chi connectivity index (χ3v) is 5.49. The van der Waals surface area contributed by atoms with Crippen LogP contribution in [0.4, 0.5) is 22.0 Å². The van der Waals surface area contributed by atoms with Crippen LogP contribution in [0.2, 0.25) is 0 Å². The minimum absolute atomic E-state index is 0.116. The summed E-state index contributed by atoms with van der Waals surface area (Å²) in [5, 5.41) is 9.73. The molecule has 0 saturated carbocycles. The van der Waals surface area contributed by atoms with E-state index in [1.807, 2.05) is 6.07 Å². The van der Waals surface area contributed by atoms with E-state index in [2.05, 4.69) is 11.3 Å². The number of hydrogen-bond acceptors (Lipinski definition) is 7. The van der Waals surface area contributed by atoms with Gasteiger partial charge in [-0.05, 0) is 23.8 Å². The fourth-order valence-corrected chi connectivity index (χ4v) is 3.78. The largest absolute Gasteiger partial charge is 0.490 e. The predicted octanol–water partition coefficient (Wildman–Crippen LogP) is 5.15. The number of allylic oxidation sites excluding steroid dienone is 1. The maximum atomic E-state index is 13.8. The van der Waals surface area contributed by atoms with Crippen molar-refractivity contribution in [1.82, 2.24) is 0 Å². The predicted molar refractivity (Wildman–Crippen MR) is 125 cm³/mol. The van der Waals surface area contributed by atoms with E-state index in [-0.39, 0.29) is 29.6 Å². The summed E-state index contributed by atoms with van der Waals surface area (Å²) in [5.41, 5.74) is 7.26. The van der Waals surface area contributed by atoms with Gasteiger partial charge in [-0.25, -0.2) is 18.0 Å². The summed E-state index contributed by atoms with van der Waals surface area (Å²) in [7, 11) is 0. The molecule has 7 nitrogen and oxygen atoms in total. The van der Waals surface area contributed by atoms with Crippen LogP contribution in [-0.4, -0.2) is 19.2 Å². The van der Waals surface area contributed by atoms with E-state index in [9.17, 15) is 32.0 Å². The molecule has 1 aliphatic rings. The van der Waals surface area contributed by atoms with E-state index in [1.165, 1.54) is 18.2 Å². The second-order valence-corrected chi connectivity index (χ2v) is 7.96. The van der Waals surface area contributed by atoms with Gasteiger partial charge in [0.15, 0.2) is 12.4 Å². The molecule has 1 aliphatic heterocycles. The molecule has 39 heavy (non-hydrogen) atoms. The van der Waals surface area contributed by atoms with Crippen LogP contribution in [0.1, 0.15) is 17.0 Å². The van der Waals surface area contributed by atoms with Gasteiger partial charge in [-0.15, -0.1) is 0 Å². The monoisotopic (exact) mass is 544 g/mol. The minimum Gasteiger partial charge on any atom is -0.490 e. The number of rotatable bonds is 8. The summed E-state index contributed by atoms with van der Waals surface area (Å²) in [5.74, 6) is -14.4. The summed E-state index contributed by atoms with van der Waals surface area (Å²) in [6.45, 7) is 2.68. The SMILES string of the molecule is C=CCOc1cccc(C2C(C#N)=C(N)Oc3cc(OC(=O)COc4c(F)c(F)c(F)c(F)c4F)ccc32)c1. The summed E-state index contributed by atoms with van der Waals surface area (Å²) in [6, 6.07) is 13.1. The lowest BCUT2D eigenvalue weighted by Crippen LogP contribution is -2.22. The van der Waals surface area contributed by atoms with Crippen LogP contribution in [-0.2, 0) is 4.79 Å². The molecule has 0 aliphatic carbocycles. The zero-order valence-corrected chi connectivity index (χ0v) is 19.8. The Labute approximate surface area is 218 Å². The molecule has 200 valence electrons. The van der Waals surface area contributed by atoms with Crippen molar-refractivity contribution in [3.8, 4) is 29.1 Å². The van der Waals surface area contributed by atoms with Gasteiger partial charge in [0.2, 0.25) is 35.0 Å². The van der Waals surface area contributed by atoms with Crippen molar-refractivity contribution >= 4 is 5.97 Å². The maximum Gasteiger partial charge on any atom is 0.349 e. The minimum atomic E-state index is -2.36. The molecule has 0 aromatic heterocycles. The number of fused-ring (bicyclic) bond motifs is 1. The van der Waals surface area contributed by atoms with Crippen molar-refractivity contribution in [3.63, 3.8) is 0 Å². The lowest BCUT2D eigenvalue weighted by molar-refractivity contribution is -0.136. The number of nitrogens with zero attached hydrogens (tertiary/aromatic N) is 1. The Morgan fingerprint density at radius 2 is 1.69 bits per heavy atom. The van der Waals surface area contributed by atoms with Gasteiger partial charge in [-0.2, -0.15) is 14.0 Å². The molecule has 12 heteroatoms. The molecule has 0 amide bonds. The third kappa shape index (κ3) is 5.33. The van der Waals surface area contributed by atoms with Crippen LogP contribution in [0.25, 0.3) is 0 Å². The molecule has 0 spiro atoms. The van der Waals surface area contributed by atoms with Crippen molar-refractivity contribution in [3.05, 3.63) is 107 Å². The Morgan fingerprint density at radius 1 is 1.00 bits per heavy atom. The van der Waals surface area contributed by atoms with Gasteiger partial charge in [0, 0.05) is 11.6 Å². The fourth-order valence-electron chi connectivity index (χ4n) is 3.78. The molecule has 2 N–H and O–H groups in total. The van der Waals surface area contributed by atoms with Crippen LogP contribution in [0.3, 0.4) is 0 Å². The smallest absolute Gasteiger partial charge is 0.349 e. The van der Waals surface area contributed by atoms with E-state index >= 15 is 0 Å². The van der Waals surface area contributed by atoms with Gasteiger partial charge < -0.3 is 24.7 Å². The highest BCUT2D eigenvalue weighted by atomic mass is 19.2. The first kappa shape index (κ1) is 27.0. The molecular formula is C27H17F5N2O5. The van der Waals surface area contributed by atoms with Crippen LogP contribution in [0.15, 0.2) is 66.6 Å². The summed E-state index contributed by atoms with van der Waals surface area (Å²) in [4.78, 5) is 12.2. The Hall–Kier alpha value is -5.05. The average Bonchev–Trinajstić information content (AvgIpc) is 2.93. The second kappa shape index (κ2) is 11.1. The van der Waals surface area contributed by atoms with Crippen molar-refractivity contribution in [2.75, 3.05) is 13.2 Å². The highest BCUT2D eigenvalue weighted by Crippen LogP contribution is 2.44. The normalized spacial score (nSPS) is 14.1. The first-order valence-corrected chi connectivity index (χ1v) is 11.1. The molecule has 4 rings (SSSR count). The van der Waals surface area contributed by atoms with Gasteiger partial charge >= 0.3 is 5.97 Å². The Bertz CT molecular complexity index is 1520. The zero-order valence-electron chi connectivity index (χ0n) is 19.8. The molecule has 0 bridgehead atoms. The molecule has 3 aromatic carbocycles. The van der Waals surface area contributed by atoms with Crippen LogP contribution in [0, 0.1) is 40.4 Å². The molecular weight excluding hydrogens is 527 g/mol. The first-order chi connectivity index (χ1) is 18.7. The summed E-state index contributed by atoms with van der Waals surface area (Å²) < 4.78 is 88.1. The van der Waals surface area contributed by atoms with Gasteiger partial charge in [0.1, 0.15) is 35.5 Å². The highest BCUT2D eigenvalue weighted by molar-refractivity contribution is 5.74. The Kier molecular flexibility index (Phi) is 7.71. The van der Waals surface area contributed by atoms with Crippen molar-refractivity contribution < 1.29 is 45.7 Å². The standard InChI is InChI=1S/C27H17F5N2O5/c1-2-8-36-14-5-3-4-13(9-14)20-16-7-6-15(10-18(16)39-27(34)17(20)11-33)38-19(35)12-37-26-24(31)22(29)21(28)23(30)25(26)32/h2-7,9-10,20H,1,8,12,34H2. The molecule has 1 unspecified atom stereocenters. The second-order valence-electron chi connectivity index (χ2n) is 7.96. The number of benzene rings is 3. The van der Waals surface area contributed by atoms with Crippen LogP contribution < -0.4 is 24.7 Å². The van der Waals surface area contributed by atoms with E-state index in [1.54, 1.807) is 30.3 Å². The van der Waals surface area contributed by atoms with E-state index < -0.39 is 53.3 Å². The number of carbonyl (C=O) groups is 1. The van der Waals surface area contributed by atoms with Gasteiger partial charge in [0.25, 0.3) is 0 Å². The van der Waals surface area contributed by atoms with Crippen molar-refractivity contribution in [2.24, 2.45) is 5.73 Å². The van der Waals surface area contributed by atoms with E-state index in [0.29, 0.717) is 16.9 Å². The molecule has 3 aromatic rings. The number of halogens is 5. The Morgan fingerprint density at radius 3 is 2.36 bits per heavy atom. The van der Waals surface area contributed by atoms with Crippen molar-refractivity contribution in [2.45, 2.75) is 5.92 Å². The number of carbonyl (C=O) groups excluding carboxylic acids is 1. The lowest BCUT2D eigenvalue weighted by Gasteiger charge is -2.27. The summed E-state index contributed by atoms with van der Waals surface area (Å²) >= 11 is 0. The molecule has 0 radical (unpaired) electrons. The fraction of sp³-hybridized carbons (Fsp3) is 0.111. The molecule has 0 saturated heterocycles. The highest BCUT2D eigenvalue weighted by Gasteiger charge is 2.32. The first-order valence-electron chi connectivity index (χ1n) is 11.1. The van der Waals surface area contributed by atoms with E-state index in [0.717, 1.165) is 0 Å². The molecule has 0 fully saturated rings. The van der Waals surface area contributed by atoms with Gasteiger partial charge in [-0.1, -0.05) is 30.9 Å². The average molecular weight is 544 g/mol. The van der Waals surface area contributed by atoms with Crippen LogP contribution in [0.5, 0.6) is 23.0 Å². The number of nitrogens with two attached hydrogens (primary N) is 1. The number of hydrogen-bond donors (Lipinski definition) is 1. The number of nitriles is 1. The van der Waals surface area contributed by atoms with Crippen LogP contribution >= 0.6 is 0 Å². The maximum absolute atomic E-state index is 13.8. The topological polar surface area (TPSA) is 104 Å². The molecule has 1 heterocycles. The third-order valence-electron chi connectivity index (χ3n) is 5.49. The Balaban J connectivity index is 1.56. The summed E-state index contributed by atoms with van der Waals surface area (Å²) in [6.07, 6.45) is 1.58. The van der Waals surface area contributed by atoms with E-state index in [4.69, 9.17) is 19.9 Å². The number of esters is 1. The van der Waals surface area contributed by atoms with Gasteiger partial charge in [-0.3, -0.25) is 0 Å². The quantitative estimate of drug-likeness (QED) is 0.105. The number of ether oxygens (including phenoxy) is 4. The lowest BCUT2D eigenvalue weighted by atomic mass is 9.83. The molecule has 1 atom stereocenters.